The van der Waals surface area contributed by atoms with Crippen molar-refractivity contribution in [3.8, 4) is 22.8 Å². The number of fused-ring (bicyclic) bond motifs is 3. The van der Waals surface area contributed by atoms with Gasteiger partial charge in [-0.3, -0.25) is 9.97 Å². The quantitative estimate of drug-likeness (QED) is 0.0705. The van der Waals surface area contributed by atoms with E-state index in [0.29, 0.717) is 0 Å². The molecule has 3 aromatic carbocycles. The Labute approximate surface area is 466 Å². The van der Waals surface area contributed by atoms with E-state index in [0.717, 1.165) is 54.7 Å². The van der Waals surface area contributed by atoms with E-state index in [-0.39, 0.29) is 0 Å². The van der Waals surface area contributed by atoms with Crippen LogP contribution in [0.1, 0.15) is 0 Å². The topological polar surface area (TPSA) is 237 Å². The van der Waals surface area contributed by atoms with Crippen LogP contribution in [0.3, 0.4) is 0 Å². The van der Waals surface area contributed by atoms with Crippen LogP contribution < -0.4 is 0 Å². The number of halogens is 4. The van der Waals surface area contributed by atoms with Crippen LogP contribution in [0.2, 0.25) is 0 Å². The van der Waals surface area contributed by atoms with Gasteiger partial charge in [-0.1, -0.05) is 97.2 Å². The van der Waals surface area contributed by atoms with E-state index in [1.807, 2.05) is 140 Å². The van der Waals surface area contributed by atoms with Gasteiger partial charge in [-0.2, -0.15) is 12.1 Å². The smallest absolute Gasteiger partial charge is 0.0893 e. The molecule has 0 atom stereocenters. The average Bonchev–Trinajstić information content (AvgIpc) is 3.51. The fourth-order valence-electron chi connectivity index (χ4n) is 4.75. The largest absolute Gasteiger partial charge is 0.386 e. The van der Waals surface area contributed by atoms with Crippen molar-refractivity contribution in [1.82, 2.24) is 29.9 Å². The van der Waals surface area contributed by atoms with E-state index in [4.69, 9.17) is 56.3 Å². The first-order valence-corrected chi connectivity index (χ1v) is 32.2. The monoisotopic (exact) mass is 1510 g/mol. The zero-order valence-corrected chi connectivity index (χ0v) is 49.3. The van der Waals surface area contributed by atoms with Gasteiger partial charge in [0.25, 0.3) is 0 Å². The van der Waals surface area contributed by atoms with Crippen molar-refractivity contribution < 1.29 is 89.9 Å². The maximum absolute atomic E-state index is 7.50. The van der Waals surface area contributed by atoms with Crippen LogP contribution in [0.15, 0.2) is 187 Å². The van der Waals surface area contributed by atoms with Gasteiger partial charge < -0.3 is 4.98 Å². The second-order valence-corrected chi connectivity index (χ2v) is 11.3. The van der Waals surface area contributed by atoms with E-state index in [1.165, 1.54) is 58.1 Å². The minimum atomic E-state index is 0.884. The Bertz CT molecular complexity index is 2570. The zero-order valence-electron chi connectivity index (χ0n) is 36.2. The van der Waals surface area contributed by atoms with Gasteiger partial charge in [0, 0.05) is 29.4 Å². The fourth-order valence-corrected chi connectivity index (χ4v) is 5.02. The number of para-hydroxylation sites is 3. The molecule has 21 heteroatoms. The molecule has 0 fully saturated rings. The van der Waals surface area contributed by atoms with Crippen LogP contribution in [-0.4, -0.2) is 29.9 Å². The second kappa shape index (κ2) is 62.8. The summed E-state index contributed by atoms with van der Waals surface area (Å²) >= 11 is 9.84. The molecule has 0 saturated heterocycles. The van der Waals surface area contributed by atoms with Crippen LogP contribution >= 0.6 is 48.6 Å². The third-order valence-electron chi connectivity index (χ3n) is 7.14. The Kier molecular flexibility index (Phi) is 68.3. The Balaban J connectivity index is -0.000000179. The molecular formula is C50H30Br2Cl2N6O8Re2Zn. The number of nitrogens with zero attached hydrogens (tertiary/aromatic N) is 6. The van der Waals surface area contributed by atoms with Crippen LogP contribution in [0.5, 0.6) is 0 Å². The number of aromatic nitrogens is 6. The predicted molar refractivity (Wildman–Crippen MR) is 255 cm³/mol. The standard InChI is InChI=1S/2C14H10N2.C9H6N.C5H4BrN.8CO.BrH.2ClH.2Re.Zn/c2*1-2-6-12-11(5-1)8-9-14(16-12)13-7-3-4-10-15-13;1-2-6-9-8(4-1)5-3-7-10-9;6-5-3-1-2-4-7-5;8*1-2;;;;;;/h2*1-10H;1-6H;1-4H;;;;;;;;;3*1H;;;/q;;-1;;;;;;;;;;;;;2*+1;+2/p-3. The molecule has 71 heavy (non-hydrogen) atoms. The summed E-state index contributed by atoms with van der Waals surface area (Å²) in [6.45, 7) is 36.0. The van der Waals surface area contributed by atoms with Crippen LogP contribution in [0.25, 0.3) is 55.5 Å². The summed E-state index contributed by atoms with van der Waals surface area (Å²) in [5.74, 6) is 0. The summed E-state index contributed by atoms with van der Waals surface area (Å²) < 4.78 is 60.9. The second-order valence-electron chi connectivity index (χ2n) is 10.5. The maximum Gasteiger partial charge on any atom is 0.0893 e. The van der Waals surface area contributed by atoms with E-state index >= 15 is 0 Å². The SMILES string of the molecule is Brc1ccccn1.[C-]#[O+].[C-]#[O+].[C-]#[O+].[C-]#[O+].[C-]#[O+].[C-]#[O+].[C-]#[O+].[C-]#[O+].[Cl][Re].[Cl][Re].[Zn+][Br].[c-]1ccc2ccccc2n1.c1ccc(-c2ccc3ccccc3n2)nc1.c1ccc(-c2ccc3ccccc3n2)nc1. The Morgan fingerprint density at radius 2 is 0.676 bits per heavy atom. The first-order chi connectivity index (χ1) is 35.2. The molecule has 0 bridgehead atoms. The Hall–Kier alpha value is -5.25. The molecule has 14 nitrogen and oxygen atoms in total. The van der Waals surface area contributed by atoms with Gasteiger partial charge >= 0.3 is 176 Å². The molecule has 9 aromatic rings. The number of benzene rings is 3. The maximum atomic E-state index is 7.50. The molecule has 0 unspecified atom stereocenters. The van der Waals surface area contributed by atoms with Crippen molar-refractivity contribution in [2.24, 2.45) is 0 Å². The molecule has 0 aliphatic heterocycles. The first-order valence-electron chi connectivity index (χ1n) is 17.7. The first kappa shape index (κ1) is 77.2. The summed E-state index contributed by atoms with van der Waals surface area (Å²) in [5, 5.41) is 3.48. The minimum Gasteiger partial charge on any atom is -0.386 e. The third-order valence-corrected chi connectivity index (χ3v) is 7.61. The molecule has 6 heterocycles. The van der Waals surface area contributed by atoms with Crippen molar-refractivity contribution in [3.05, 3.63) is 246 Å². The normalized spacial score (nSPS) is 7.49. The van der Waals surface area contributed by atoms with Crippen LogP contribution in [0.4, 0.5) is 0 Å². The van der Waals surface area contributed by atoms with Gasteiger partial charge in [0.15, 0.2) is 0 Å². The van der Waals surface area contributed by atoms with Crippen LogP contribution in [-0.2, 0) is 89.9 Å². The van der Waals surface area contributed by atoms with Crippen molar-refractivity contribution in [1.29, 1.82) is 0 Å². The summed E-state index contributed by atoms with van der Waals surface area (Å²) in [6, 6.07) is 53.6. The summed E-state index contributed by atoms with van der Waals surface area (Å²) in [6.07, 6.45) is 8.09. The molecule has 0 aliphatic rings. The molecule has 0 aliphatic carbocycles. The zero-order chi connectivity index (χ0) is 55.5. The van der Waals surface area contributed by atoms with Gasteiger partial charge in [-0.05, 0) is 82.1 Å². The van der Waals surface area contributed by atoms with Gasteiger partial charge in [-0.25, -0.2) is 15.0 Å². The number of pyridine rings is 6. The van der Waals surface area contributed by atoms with E-state index in [9.17, 15) is 0 Å². The third kappa shape index (κ3) is 35.5. The van der Waals surface area contributed by atoms with Crippen LogP contribution in [0, 0.1) is 59.4 Å². The van der Waals surface area contributed by atoms with Gasteiger partial charge in [-0.15, -0.1) is 5.39 Å². The molecule has 0 spiro atoms. The Morgan fingerprint density at radius 3 is 0.972 bits per heavy atom. The van der Waals surface area contributed by atoms with Crippen molar-refractivity contribution in [2.45, 2.75) is 0 Å². The van der Waals surface area contributed by atoms with E-state index in [1.54, 1.807) is 18.6 Å². The molecule has 9 rings (SSSR count). The summed E-state index contributed by atoms with van der Waals surface area (Å²) in [7, 11) is 9.39. The number of rotatable bonds is 2. The number of hydrogen-bond donors (Lipinski definition) is 0. The van der Waals surface area contributed by atoms with Crippen molar-refractivity contribution in [2.75, 3.05) is 0 Å². The summed E-state index contributed by atoms with van der Waals surface area (Å²) in [4.78, 5) is 25.7. The molecule has 6 aromatic heterocycles. The van der Waals surface area contributed by atoms with E-state index in [2.05, 4.69) is 143 Å². The fraction of sp³-hybridized carbons (Fsp3) is 0. The predicted octanol–water partition coefficient (Wildman–Crippen LogP) is 12.4. The van der Waals surface area contributed by atoms with E-state index < -0.39 is 0 Å². The molecule has 0 N–H and O–H groups in total. The molecule has 0 saturated carbocycles. The summed E-state index contributed by atoms with van der Waals surface area (Å²) in [5.41, 5.74) is 6.67. The minimum absolute atomic E-state index is 0.884. The van der Waals surface area contributed by atoms with Gasteiger partial charge in [0.1, 0.15) is 4.60 Å². The molecule has 352 valence electrons. The Morgan fingerprint density at radius 1 is 0.366 bits per heavy atom. The van der Waals surface area contributed by atoms with Crippen molar-refractivity contribution >= 4 is 81.3 Å². The number of hydrogen-bond acceptors (Lipinski definition) is 6. The van der Waals surface area contributed by atoms with Gasteiger partial charge in [0.05, 0.1) is 33.8 Å². The average molecular weight is 1510 g/mol. The molecule has 0 radical (unpaired) electrons. The molecular weight excluding hydrogens is 1480 g/mol. The van der Waals surface area contributed by atoms with Crippen molar-refractivity contribution in [3.63, 3.8) is 0 Å². The molecule has 0 amide bonds. The van der Waals surface area contributed by atoms with Gasteiger partial charge in [0.2, 0.25) is 0 Å².